The molecule has 0 amide bonds. The normalized spacial score (nSPS) is 25.1. The number of methoxy groups -OCH3 is 1. The van der Waals surface area contributed by atoms with Crippen LogP contribution >= 0.6 is 0 Å². The fourth-order valence-electron chi connectivity index (χ4n) is 7.07. The van der Waals surface area contributed by atoms with Gasteiger partial charge in [0, 0.05) is 51.2 Å². The molecule has 8 atom stereocenters. The minimum Gasteiger partial charge on any atom is -0.458 e. The number of ketones is 1. The monoisotopic (exact) mass is 720 g/mol. The van der Waals surface area contributed by atoms with Gasteiger partial charge in [-0.25, -0.2) is 0 Å². The van der Waals surface area contributed by atoms with Crippen molar-refractivity contribution in [2.75, 3.05) is 27.1 Å². The molecular formula is C38H60O11Si. The van der Waals surface area contributed by atoms with Gasteiger partial charge in [0.05, 0.1) is 25.2 Å². The maximum absolute atomic E-state index is 13.4. The Balaban J connectivity index is 2.07. The van der Waals surface area contributed by atoms with Crippen LogP contribution in [0.5, 0.6) is 0 Å². The van der Waals surface area contributed by atoms with Gasteiger partial charge >= 0.3 is 11.9 Å². The highest BCUT2D eigenvalue weighted by atomic mass is 28.4. The summed E-state index contributed by atoms with van der Waals surface area (Å²) in [7, 11) is -0.607. The van der Waals surface area contributed by atoms with Gasteiger partial charge in [0.2, 0.25) is 0 Å². The van der Waals surface area contributed by atoms with Crippen molar-refractivity contribution in [1.29, 1.82) is 0 Å². The number of carbonyl (C=O) groups is 4. The molecule has 1 aromatic rings. The molecule has 282 valence electrons. The predicted octanol–water partition coefficient (Wildman–Crippen LogP) is 6.06. The first kappa shape index (κ1) is 41.9. The summed E-state index contributed by atoms with van der Waals surface area (Å²) in [5, 5.41) is 0.0110. The van der Waals surface area contributed by atoms with E-state index in [0.717, 1.165) is 11.8 Å². The highest BCUT2D eigenvalue weighted by Crippen LogP contribution is 2.48. The van der Waals surface area contributed by atoms with Gasteiger partial charge in [0.15, 0.2) is 14.4 Å². The molecule has 12 heteroatoms. The van der Waals surface area contributed by atoms with E-state index in [9.17, 15) is 19.2 Å². The molecule has 3 rings (SSSR count). The van der Waals surface area contributed by atoms with Crippen LogP contribution in [0.15, 0.2) is 30.3 Å². The van der Waals surface area contributed by atoms with E-state index >= 15 is 0 Å². The Hall–Kier alpha value is -2.48. The van der Waals surface area contributed by atoms with Gasteiger partial charge < -0.3 is 37.6 Å². The third-order valence-electron chi connectivity index (χ3n) is 11.2. The number of benzene rings is 1. The highest BCUT2D eigenvalue weighted by Gasteiger charge is 2.60. The summed E-state index contributed by atoms with van der Waals surface area (Å²) in [6, 6.07) is 9.65. The van der Waals surface area contributed by atoms with E-state index in [1.807, 2.05) is 44.2 Å². The largest absolute Gasteiger partial charge is 0.458 e. The first-order valence-electron chi connectivity index (χ1n) is 17.7. The summed E-state index contributed by atoms with van der Waals surface area (Å²) in [4.78, 5) is 51.9. The van der Waals surface area contributed by atoms with Crippen molar-refractivity contribution in [2.45, 2.75) is 129 Å². The Bertz CT molecular complexity index is 1290. The van der Waals surface area contributed by atoms with Crippen LogP contribution in [0, 0.1) is 23.2 Å². The lowest BCUT2D eigenvalue weighted by molar-refractivity contribution is -0.296. The van der Waals surface area contributed by atoms with Gasteiger partial charge in [-0.1, -0.05) is 71.9 Å². The van der Waals surface area contributed by atoms with E-state index in [4.69, 9.17) is 32.8 Å². The molecule has 1 aromatic carbocycles. The number of Topliss-reactive ketones (excluding diaryl/α,β-unsaturated/α-hetero) is 1. The van der Waals surface area contributed by atoms with Crippen molar-refractivity contribution >= 4 is 32.3 Å². The first-order chi connectivity index (χ1) is 23.3. The highest BCUT2D eigenvalue weighted by molar-refractivity contribution is 6.74. The van der Waals surface area contributed by atoms with Crippen LogP contribution in [0.3, 0.4) is 0 Å². The van der Waals surface area contributed by atoms with E-state index in [2.05, 4.69) is 33.9 Å². The number of carbonyl (C=O) groups excluding carboxylic acids is 4. The number of ether oxygens (including phenoxy) is 6. The lowest BCUT2D eigenvalue weighted by Crippen LogP contribution is -2.68. The first-order valence-corrected chi connectivity index (χ1v) is 20.6. The second-order valence-electron chi connectivity index (χ2n) is 15.9. The summed E-state index contributed by atoms with van der Waals surface area (Å²) >= 11 is 0. The van der Waals surface area contributed by atoms with Crippen LogP contribution in [0.25, 0.3) is 0 Å². The summed E-state index contributed by atoms with van der Waals surface area (Å²) in [5.41, 5.74) is -1.01. The molecule has 2 fully saturated rings. The van der Waals surface area contributed by atoms with Crippen LogP contribution in [0.2, 0.25) is 18.1 Å². The van der Waals surface area contributed by atoms with Gasteiger partial charge in [-0.3, -0.25) is 14.4 Å². The zero-order valence-corrected chi connectivity index (χ0v) is 32.9. The molecule has 1 saturated carbocycles. The number of esters is 2. The molecule has 0 bridgehead atoms. The molecule has 0 spiro atoms. The SMILES string of the molecule is COCO[C@@H](C(OC(C)=O)[C@H](OC(C)=O)[C@H](C)[C@H](C=O)[C@]1(OCc2ccccc2)CO[C@@H]1CCO[Si](C)(C)C(C)(C)C)[C@H]1CCC(=O)C1(C)C. The predicted molar refractivity (Wildman–Crippen MR) is 190 cm³/mol. The van der Waals surface area contributed by atoms with Gasteiger partial charge in [-0.05, 0) is 36.5 Å². The summed E-state index contributed by atoms with van der Waals surface area (Å²) in [6.07, 6.45) is -1.62. The average molecular weight is 721 g/mol. The van der Waals surface area contributed by atoms with E-state index in [-0.39, 0.29) is 30.8 Å². The number of hydrogen-bond donors (Lipinski definition) is 0. The van der Waals surface area contributed by atoms with Crippen molar-refractivity contribution in [3.05, 3.63) is 35.9 Å². The van der Waals surface area contributed by atoms with Crippen molar-refractivity contribution in [2.24, 2.45) is 23.2 Å². The zero-order valence-electron chi connectivity index (χ0n) is 31.9. The molecule has 2 aliphatic rings. The number of rotatable bonds is 19. The fraction of sp³-hybridized carbons (Fsp3) is 0.737. The molecule has 0 N–H and O–H groups in total. The van der Waals surface area contributed by atoms with Crippen molar-refractivity contribution in [3.8, 4) is 0 Å². The Labute approximate surface area is 299 Å². The minimum atomic E-state index is -2.08. The second kappa shape index (κ2) is 17.4. The molecule has 0 aromatic heterocycles. The summed E-state index contributed by atoms with van der Waals surface area (Å²) in [6.45, 7) is 19.5. The lowest BCUT2D eigenvalue weighted by atomic mass is 9.68. The summed E-state index contributed by atoms with van der Waals surface area (Å²) < 4.78 is 42.8. The fourth-order valence-corrected chi connectivity index (χ4v) is 8.13. The lowest BCUT2D eigenvalue weighted by Gasteiger charge is -2.54. The van der Waals surface area contributed by atoms with Crippen LogP contribution in [-0.4, -0.2) is 89.5 Å². The Morgan fingerprint density at radius 3 is 2.16 bits per heavy atom. The standard InChI is InChI=1S/C38H60O11Si/c1-25(33(48-26(2)40)35(49-27(3)41)34(45-24-43-9)29-17-18-31(42)37(29,7)8)30(21-39)38(46-22-28-15-13-12-14-16-28)23-44-32(38)19-20-47-50(10,11)36(4,5)6/h12-16,21,25,29-30,32-35H,17-20,22-24H2,1-11H3/t25-,29-,30+,32-,33-,34-,35?,38-/m1/s1. The number of hydrogen-bond acceptors (Lipinski definition) is 11. The molecule has 1 heterocycles. The molecule has 1 saturated heterocycles. The van der Waals surface area contributed by atoms with E-state index in [0.29, 0.717) is 25.9 Å². The maximum Gasteiger partial charge on any atom is 0.303 e. The second-order valence-corrected chi connectivity index (χ2v) is 20.7. The molecule has 1 aliphatic carbocycles. The maximum atomic E-state index is 13.4. The topological polar surface area (TPSA) is 133 Å². The van der Waals surface area contributed by atoms with Crippen LogP contribution in [0.1, 0.15) is 80.2 Å². The molecule has 50 heavy (non-hydrogen) atoms. The van der Waals surface area contributed by atoms with Gasteiger partial charge in [0.25, 0.3) is 0 Å². The Kier molecular flexibility index (Phi) is 14.6. The van der Waals surface area contributed by atoms with Crippen LogP contribution < -0.4 is 0 Å². The Morgan fingerprint density at radius 1 is 1.06 bits per heavy atom. The van der Waals surface area contributed by atoms with Crippen molar-refractivity contribution < 1.29 is 52.0 Å². The molecule has 1 unspecified atom stereocenters. The van der Waals surface area contributed by atoms with Crippen LogP contribution in [-0.2, 0) is 58.6 Å². The van der Waals surface area contributed by atoms with Crippen LogP contribution in [0.4, 0.5) is 0 Å². The average Bonchev–Trinajstić information content (AvgIpc) is 3.29. The Morgan fingerprint density at radius 2 is 1.68 bits per heavy atom. The molecule has 11 nitrogen and oxygen atoms in total. The minimum absolute atomic E-state index is 0.0110. The smallest absolute Gasteiger partial charge is 0.303 e. The van der Waals surface area contributed by atoms with Crippen molar-refractivity contribution in [1.82, 2.24) is 0 Å². The third-order valence-corrected chi connectivity index (χ3v) is 15.7. The van der Waals surface area contributed by atoms with Gasteiger partial charge in [-0.2, -0.15) is 0 Å². The third kappa shape index (κ3) is 9.68. The number of aldehydes is 1. The van der Waals surface area contributed by atoms with Crippen molar-refractivity contribution in [3.63, 3.8) is 0 Å². The summed E-state index contributed by atoms with van der Waals surface area (Å²) in [5.74, 6) is -3.22. The molecule has 0 radical (unpaired) electrons. The molecule has 1 aliphatic heterocycles. The van der Waals surface area contributed by atoms with E-state index in [1.165, 1.54) is 21.0 Å². The van der Waals surface area contributed by atoms with Gasteiger partial charge in [-0.15, -0.1) is 0 Å². The van der Waals surface area contributed by atoms with E-state index < -0.39 is 73.4 Å². The van der Waals surface area contributed by atoms with Gasteiger partial charge in [0.1, 0.15) is 36.7 Å². The molecular weight excluding hydrogens is 660 g/mol. The van der Waals surface area contributed by atoms with E-state index in [1.54, 1.807) is 6.92 Å². The zero-order chi connectivity index (χ0) is 37.5. The quantitative estimate of drug-likeness (QED) is 0.0715.